The minimum Gasteiger partial charge on any atom is -0.508 e. The highest BCUT2D eigenvalue weighted by Crippen LogP contribution is 2.47. The van der Waals surface area contributed by atoms with Crippen LogP contribution in [-0.4, -0.2) is 24.0 Å². The van der Waals surface area contributed by atoms with Crippen LogP contribution >= 0.6 is 11.6 Å². The van der Waals surface area contributed by atoms with Crippen molar-refractivity contribution >= 4 is 23.4 Å². The number of aromatic hydroxyl groups is 1. The summed E-state index contributed by atoms with van der Waals surface area (Å²) >= 11 is 6.08. The number of ether oxygens (including phenoxy) is 2. The van der Waals surface area contributed by atoms with E-state index in [4.69, 9.17) is 21.1 Å². The van der Waals surface area contributed by atoms with E-state index < -0.39 is 11.9 Å². The number of para-hydroxylation sites is 1. The number of allylic oxidation sites excluding steroid dienone is 3. The van der Waals surface area contributed by atoms with Crippen LogP contribution in [0.1, 0.15) is 48.3 Å². The number of benzene rings is 3. The smallest absolute Gasteiger partial charge is 0.337 e. The molecule has 194 valence electrons. The fourth-order valence-corrected chi connectivity index (χ4v) is 5.64. The number of dihydropyridines is 1. The van der Waals surface area contributed by atoms with Gasteiger partial charge in [0.1, 0.15) is 18.1 Å². The van der Waals surface area contributed by atoms with Crippen molar-refractivity contribution in [3.63, 3.8) is 0 Å². The fraction of sp³-hybridized carbons (Fsp3) is 0.226. The van der Waals surface area contributed by atoms with Gasteiger partial charge in [0.15, 0.2) is 5.78 Å². The fourth-order valence-electron chi connectivity index (χ4n) is 5.42. The van der Waals surface area contributed by atoms with Gasteiger partial charge in [-0.15, -0.1) is 0 Å². The van der Waals surface area contributed by atoms with E-state index in [0.717, 1.165) is 22.6 Å². The van der Waals surface area contributed by atoms with Crippen molar-refractivity contribution < 1.29 is 24.2 Å². The number of nitrogens with one attached hydrogen (secondary N) is 1. The summed E-state index contributed by atoms with van der Waals surface area (Å²) in [5.41, 5.74) is 4.64. The molecular weight excluding hydrogens is 502 g/mol. The Labute approximate surface area is 226 Å². The molecule has 2 atom stereocenters. The molecule has 38 heavy (non-hydrogen) atoms. The number of carbonyl (C=O) groups is 2. The van der Waals surface area contributed by atoms with Gasteiger partial charge in [-0.05, 0) is 60.4 Å². The van der Waals surface area contributed by atoms with Gasteiger partial charge >= 0.3 is 5.97 Å². The first-order valence-corrected chi connectivity index (χ1v) is 12.8. The van der Waals surface area contributed by atoms with Crippen LogP contribution in [0.3, 0.4) is 0 Å². The Balaban J connectivity index is 1.52. The van der Waals surface area contributed by atoms with E-state index in [1.807, 2.05) is 43.3 Å². The molecule has 1 heterocycles. The summed E-state index contributed by atoms with van der Waals surface area (Å²) in [5.74, 6) is -0.532. The van der Waals surface area contributed by atoms with E-state index in [2.05, 4.69) is 5.32 Å². The number of hydrogen-bond donors (Lipinski definition) is 2. The summed E-state index contributed by atoms with van der Waals surface area (Å²) in [6.07, 6.45) is 0.860. The summed E-state index contributed by atoms with van der Waals surface area (Å²) in [6.45, 7) is 1.85. The van der Waals surface area contributed by atoms with Crippen molar-refractivity contribution in [3.05, 3.63) is 117 Å². The highest BCUT2D eigenvalue weighted by atomic mass is 35.5. The number of Topliss-reactive ketones (excluding diaryl/α,β-unsaturated/α-hetero) is 1. The Morgan fingerprint density at radius 1 is 1.05 bits per heavy atom. The molecule has 0 amide bonds. The largest absolute Gasteiger partial charge is 0.508 e. The first-order chi connectivity index (χ1) is 18.4. The molecule has 0 bridgehead atoms. The second-order valence-corrected chi connectivity index (χ2v) is 10.00. The summed E-state index contributed by atoms with van der Waals surface area (Å²) < 4.78 is 11.3. The normalized spacial score (nSPS) is 19.1. The third-order valence-corrected chi connectivity index (χ3v) is 7.32. The predicted octanol–water partition coefficient (Wildman–Crippen LogP) is 6.16. The van der Waals surface area contributed by atoms with E-state index in [9.17, 15) is 14.7 Å². The number of rotatable bonds is 6. The van der Waals surface area contributed by atoms with Crippen LogP contribution in [-0.2, 0) is 20.9 Å². The van der Waals surface area contributed by atoms with Crippen LogP contribution in [0.15, 0.2) is 95.3 Å². The van der Waals surface area contributed by atoms with Crippen LogP contribution < -0.4 is 10.1 Å². The number of carbonyl (C=O) groups excluding carboxylic acids is 2. The molecule has 6 nitrogen and oxygen atoms in total. The molecule has 3 aromatic rings. The van der Waals surface area contributed by atoms with Gasteiger partial charge < -0.3 is 19.9 Å². The van der Waals surface area contributed by atoms with Gasteiger partial charge in [-0.25, -0.2) is 4.79 Å². The molecule has 0 saturated carbocycles. The Kier molecular flexibility index (Phi) is 7.25. The molecule has 0 unspecified atom stereocenters. The maximum atomic E-state index is 13.8. The molecule has 7 heteroatoms. The van der Waals surface area contributed by atoms with Crippen molar-refractivity contribution in [3.8, 4) is 11.5 Å². The maximum Gasteiger partial charge on any atom is 0.337 e. The average Bonchev–Trinajstić information content (AvgIpc) is 2.91. The summed E-state index contributed by atoms with van der Waals surface area (Å²) in [7, 11) is 1.62. The lowest BCUT2D eigenvalue weighted by atomic mass is 9.71. The van der Waals surface area contributed by atoms with Crippen LogP contribution in [0.4, 0.5) is 0 Å². The van der Waals surface area contributed by atoms with E-state index in [1.54, 1.807) is 43.5 Å². The first kappa shape index (κ1) is 25.6. The average molecular weight is 530 g/mol. The maximum absolute atomic E-state index is 13.8. The van der Waals surface area contributed by atoms with E-state index in [1.165, 1.54) is 0 Å². The minimum absolute atomic E-state index is 0.0403. The van der Waals surface area contributed by atoms with Gasteiger partial charge in [0.25, 0.3) is 0 Å². The zero-order valence-electron chi connectivity index (χ0n) is 21.2. The number of halogens is 1. The lowest BCUT2D eigenvalue weighted by Gasteiger charge is -2.37. The molecule has 0 spiro atoms. The van der Waals surface area contributed by atoms with Gasteiger partial charge in [-0.1, -0.05) is 54.1 Å². The van der Waals surface area contributed by atoms with E-state index >= 15 is 0 Å². The van der Waals surface area contributed by atoms with Crippen LogP contribution in [0.5, 0.6) is 11.5 Å². The first-order valence-electron chi connectivity index (χ1n) is 12.4. The van der Waals surface area contributed by atoms with Crippen LogP contribution in [0.2, 0.25) is 5.02 Å². The standard InChI is InChI=1S/C31H28ClNO5/c1-18-28(31(36)38-17-19-7-5-9-22(32)13-19)29(20-8-6-10-23(34)14-20)30-25(33-18)15-21(16-26(30)35)24-11-3-4-12-27(24)37-2/h3-14,21,29,33-34H,15-17H2,1-2H3/t21-,29-/m1/s1. The zero-order valence-corrected chi connectivity index (χ0v) is 21.9. The Morgan fingerprint density at radius 2 is 1.84 bits per heavy atom. The molecule has 3 aromatic carbocycles. The minimum atomic E-state index is -0.670. The summed E-state index contributed by atoms with van der Waals surface area (Å²) in [6, 6.07) is 21.5. The summed E-state index contributed by atoms with van der Waals surface area (Å²) in [5, 5.41) is 14.2. The number of methoxy groups -OCH3 is 1. The lowest BCUT2D eigenvalue weighted by molar-refractivity contribution is -0.140. The molecule has 0 aromatic heterocycles. The Hall–Kier alpha value is -4.03. The van der Waals surface area contributed by atoms with Crippen molar-refractivity contribution in [1.29, 1.82) is 0 Å². The third kappa shape index (κ3) is 5.04. The summed E-state index contributed by atoms with van der Waals surface area (Å²) in [4.78, 5) is 27.3. The van der Waals surface area contributed by atoms with Crippen molar-refractivity contribution in [1.82, 2.24) is 5.32 Å². The third-order valence-electron chi connectivity index (χ3n) is 7.09. The number of esters is 1. The Morgan fingerprint density at radius 3 is 2.61 bits per heavy atom. The number of hydrogen-bond acceptors (Lipinski definition) is 6. The molecule has 1 aliphatic heterocycles. The Bertz CT molecular complexity index is 1470. The predicted molar refractivity (Wildman–Crippen MR) is 145 cm³/mol. The molecule has 5 rings (SSSR count). The van der Waals surface area contributed by atoms with Crippen molar-refractivity contribution in [2.24, 2.45) is 0 Å². The van der Waals surface area contributed by atoms with Gasteiger partial charge in [0.05, 0.1) is 12.7 Å². The second-order valence-electron chi connectivity index (χ2n) is 9.56. The van der Waals surface area contributed by atoms with Crippen LogP contribution in [0, 0.1) is 0 Å². The monoisotopic (exact) mass is 529 g/mol. The van der Waals surface area contributed by atoms with Gasteiger partial charge in [-0.3, -0.25) is 4.79 Å². The SMILES string of the molecule is COc1ccccc1[C@H]1CC(=O)C2=C(C1)NC(C)=C(C(=O)OCc1cccc(Cl)c1)[C@H]2c1cccc(O)c1. The number of ketones is 1. The van der Waals surface area contributed by atoms with Gasteiger partial charge in [0.2, 0.25) is 0 Å². The second kappa shape index (κ2) is 10.8. The molecule has 0 fully saturated rings. The molecule has 0 saturated heterocycles. The number of phenols is 1. The van der Waals surface area contributed by atoms with E-state index in [-0.39, 0.29) is 30.5 Å². The molecular formula is C31H28ClNO5. The van der Waals surface area contributed by atoms with Gasteiger partial charge in [-0.2, -0.15) is 0 Å². The zero-order chi connectivity index (χ0) is 26.8. The van der Waals surface area contributed by atoms with Crippen molar-refractivity contribution in [2.75, 3.05) is 7.11 Å². The molecule has 2 N–H and O–H groups in total. The van der Waals surface area contributed by atoms with Crippen molar-refractivity contribution in [2.45, 2.75) is 38.2 Å². The molecule has 2 aliphatic rings. The molecule has 1 aliphatic carbocycles. The highest BCUT2D eigenvalue weighted by Gasteiger charge is 2.42. The lowest BCUT2D eigenvalue weighted by Crippen LogP contribution is -2.36. The van der Waals surface area contributed by atoms with Gasteiger partial charge in [0, 0.05) is 40.2 Å². The number of phenolic OH excluding ortho intramolecular Hbond substituents is 1. The topological polar surface area (TPSA) is 84.9 Å². The van der Waals surface area contributed by atoms with E-state index in [0.29, 0.717) is 33.9 Å². The highest BCUT2D eigenvalue weighted by molar-refractivity contribution is 6.30. The van der Waals surface area contributed by atoms with Crippen LogP contribution in [0.25, 0.3) is 0 Å². The quantitative estimate of drug-likeness (QED) is 0.372. The molecule has 0 radical (unpaired) electrons.